The Bertz CT molecular complexity index is 1240. The van der Waals surface area contributed by atoms with Crippen LogP contribution in [-0.4, -0.2) is 49.6 Å². The minimum atomic E-state index is -4.36. The highest BCUT2D eigenvalue weighted by molar-refractivity contribution is 5.94. The van der Waals surface area contributed by atoms with Crippen molar-refractivity contribution in [2.75, 3.05) is 38.1 Å². The van der Waals surface area contributed by atoms with Crippen molar-refractivity contribution in [3.05, 3.63) is 83.4 Å². The summed E-state index contributed by atoms with van der Waals surface area (Å²) in [5.41, 5.74) is 3.54. The van der Waals surface area contributed by atoms with Crippen molar-refractivity contribution in [1.29, 1.82) is 0 Å². The molecule has 1 saturated heterocycles. The summed E-state index contributed by atoms with van der Waals surface area (Å²) >= 11 is 0. The topological polar surface area (TPSA) is 53.6 Å². The number of nitrogens with zero attached hydrogens (tertiary/aromatic N) is 1. The Hall–Kier alpha value is -3.52. The smallest absolute Gasteiger partial charge is 0.416 e. The molecule has 0 radical (unpaired) electrons. The molecule has 5 nitrogen and oxygen atoms in total. The molecule has 0 atom stereocenters. The number of ether oxygens (including phenoxy) is 1. The molecule has 214 valence electrons. The number of aryl methyl sites for hydroxylation is 1. The lowest BCUT2D eigenvalue weighted by Crippen LogP contribution is -2.39. The number of amides is 1. The van der Waals surface area contributed by atoms with Crippen molar-refractivity contribution in [1.82, 2.24) is 10.2 Å². The predicted octanol–water partition coefficient (Wildman–Crippen LogP) is 7.17. The molecule has 1 aliphatic rings. The van der Waals surface area contributed by atoms with Gasteiger partial charge >= 0.3 is 6.18 Å². The molecule has 40 heavy (non-hydrogen) atoms. The van der Waals surface area contributed by atoms with Gasteiger partial charge in [-0.3, -0.25) is 4.79 Å². The van der Waals surface area contributed by atoms with Crippen LogP contribution >= 0.6 is 0 Å². The zero-order valence-electron chi connectivity index (χ0n) is 23.2. The van der Waals surface area contributed by atoms with E-state index in [0.29, 0.717) is 30.3 Å². The van der Waals surface area contributed by atoms with Gasteiger partial charge < -0.3 is 20.3 Å². The van der Waals surface area contributed by atoms with Crippen molar-refractivity contribution >= 4 is 11.6 Å². The van der Waals surface area contributed by atoms with E-state index in [1.807, 2.05) is 6.92 Å². The Morgan fingerprint density at radius 2 is 1.60 bits per heavy atom. The van der Waals surface area contributed by atoms with Crippen LogP contribution in [0, 0.1) is 6.92 Å². The molecule has 0 aliphatic carbocycles. The van der Waals surface area contributed by atoms with Crippen LogP contribution in [0.1, 0.15) is 54.1 Å². The molecule has 3 aromatic rings. The molecule has 1 fully saturated rings. The second kappa shape index (κ2) is 13.7. The maximum Gasteiger partial charge on any atom is 0.416 e. The average Bonchev–Trinajstić information content (AvgIpc) is 2.95. The van der Waals surface area contributed by atoms with E-state index >= 15 is 0 Å². The van der Waals surface area contributed by atoms with Crippen molar-refractivity contribution in [3.63, 3.8) is 0 Å². The maximum absolute atomic E-state index is 12.8. The Morgan fingerprint density at radius 3 is 2.23 bits per heavy atom. The second-order valence-electron chi connectivity index (χ2n) is 10.3. The zero-order valence-corrected chi connectivity index (χ0v) is 23.2. The number of alkyl halides is 3. The third kappa shape index (κ3) is 8.24. The fourth-order valence-electron chi connectivity index (χ4n) is 4.97. The molecule has 0 bridgehead atoms. The first-order valence-electron chi connectivity index (χ1n) is 14.0. The van der Waals surface area contributed by atoms with E-state index < -0.39 is 11.7 Å². The monoisotopic (exact) mass is 553 g/mol. The fourth-order valence-corrected chi connectivity index (χ4v) is 4.97. The number of benzene rings is 3. The standard InChI is InChI=1S/C32H38F3N3O2/c1-3-40-30-22-23(2)6-15-29(30)37-28-16-20-38(21-17-28)19-5-4-18-36-31(39)26-9-7-24(8-10-26)25-11-13-27(14-12-25)32(33,34)35/h6-15,22,28,37H,3-5,16-21H2,1-2H3,(H,36,39). The van der Waals surface area contributed by atoms with Crippen LogP contribution in [0.5, 0.6) is 5.75 Å². The van der Waals surface area contributed by atoms with Crippen molar-refractivity contribution < 1.29 is 22.7 Å². The number of unbranched alkanes of at least 4 members (excludes halogenated alkanes) is 1. The number of halogens is 3. The average molecular weight is 554 g/mol. The highest BCUT2D eigenvalue weighted by Crippen LogP contribution is 2.31. The van der Waals surface area contributed by atoms with Gasteiger partial charge in [0.15, 0.2) is 0 Å². The van der Waals surface area contributed by atoms with Gasteiger partial charge in [0.1, 0.15) is 5.75 Å². The van der Waals surface area contributed by atoms with Gasteiger partial charge in [-0.1, -0.05) is 30.3 Å². The number of anilines is 1. The van der Waals surface area contributed by atoms with Gasteiger partial charge in [-0.25, -0.2) is 0 Å². The fraction of sp³-hybridized carbons (Fsp3) is 0.406. The highest BCUT2D eigenvalue weighted by Gasteiger charge is 2.30. The molecule has 0 unspecified atom stereocenters. The highest BCUT2D eigenvalue weighted by atomic mass is 19.4. The number of carbonyl (C=O) groups excluding carboxylic acids is 1. The van der Waals surface area contributed by atoms with Crippen LogP contribution in [0.2, 0.25) is 0 Å². The Labute approximate surface area is 234 Å². The van der Waals surface area contributed by atoms with Crippen molar-refractivity contribution in [2.45, 2.75) is 51.7 Å². The van der Waals surface area contributed by atoms with Crippen molar-refractivity contribution in [3.8, 4) is 16.9 Å². The SMILES string of the molecule is CCOc1cc(C)ccc1NC1CCN(CCCCNC(=O)c2ccc(-c3ccc(C(F)(F)F)cc3)cc2)CC1. The number of hydrogen-bond donors (Lipinski definition) is 2. The molecular weight excluding hydrogens is 515 g/mol. The third-order valence-corrected chi connectivity index (χ3v) is 7.26. The van der Waals surface area contributed by atoms with Crippen LogP contribution in [0.3, 0.4) is 0 Å². The molecule has 3 aromatic carbocycles. The predicted molar refractivity (Wildman–Crippen MR) is 154 cm³/mol. The van der Waals surface area contributed by atoms with Crippen LogP contribution < -0.4 is 15.4 Å². The van der Waals surface area contributed by atoms with Gasteiger partial charge in [0.2, 0.25) is 0 Å². The summed E-state index contributed by atoms with van der Waals surface area (Å²) in [6.07, 6.45) is -0.283. The van der Waals surface area contributed by atoms with E-state index in [1.165, 1.54) is 17.7 Å². The van der Waals surface area contributed by atoms with Gasteiger partial charge in [-0.15, -0.1) is 0 Å². The van der Waals surface area contributed by atoms with E-state index in [-0.39, 0.29) is 5.91 Å². The quantitative estimate of drug-likeness (QED) is 0.247. The lowest BCUT2D eigenvalue weighted by Gasteiger charge is -2.33. The molecular formula is C32H38F3N3O2. The van der Waals surface area contributed by atoms with Crippen LogP contribution in [0.25, 0.3) is 11.1 Å². The van der Waals surface area contributed by atoms with E-state index in [0.717, 1.165) is 74.5 Å². The Balaban J connectivity index is 1.13. The maximum atomic E-state index is 12.8. The summed E-state index contributed by atoms with van der Waals surface area (Å²) in [5.74, 6) is 0.774. The number of carbonyl (C=O) groups is 1. The normalized spacial score (nSPS) is 14.6. The molecule has 0 saturated carbocycles. The van der Waals surface area contributed by atoms with Gasteiger partial charge in [0, 0.05) is 31.2 Å². The Morgan fingerprint density at radius 1 is 0.950 bits per heavy atom. The number of rotatable bonds is 11. The molecule has 4 rings (SSSR count). The summed E-state index contributed by atoms with van der Waals surface area (Å²) in [4.78, 5) is 15.0. The number of nitrogens with one attached hydrogen (secondary N) is 2. The molecule has 2 N–H and O–H groups in total. The van der Waals surface area contributed by atoms with E-state index in [4.69, 9.17) is 4.74 Å². The number of hydrogen-bond acceptors (Lipinski definition) is 4. The van der Waals surface area contributed by atoms with Gasteiger partial charge in [0.25, 0.3) is 5.91 Å². The first-order valence-corrected chi connectivity index (χ1v) is 14.0. The largest absolute Gasteiger partial charge is 0.492 e. The number of likely N-dealkylation sites (tertiary alicyclic amines) is 1. The Kier molecular flexibility index (Phi) is 10.1. The summed E-state index contributed by atoms with van der Waals surface area (Å²) in [7, 11) is 0. The molecule has 0 spiro atoms. The minimum Gasteiger partial charge on any atom is -0.492 e. The molecule has 1 heterocycles. The summed E-state index contributed by atoms with van der Waals surface area (Å²) in [5, 5.41) is 6.64. The second-order valence-corrected chi connectivity index (χ2v) is 10.3. The van der Waals surface area contributed by atoms with Crippen molar-refractivity contribution in [2.24, 2.45) is 0 Å². The first kappa shape index (κ1) is 29.5. The minimum absolute atomic E-state index is 0.145. The molecule has 8 heteroatoms. The lowest BCUT2D eigenvalue weighted by atomic mass is 10.0. The summed E-state index contributed by atoms with van der Waals surface area (Å²) in [6, 6.07) is 18.7. The molecule has 1 amide bonds. The lowest BCUT2D eigenvalue weighted by molar-refractivity contribution is -0.137. The first-order chi connectivity index (χ1) is 19.2. The van der Waals surface area contributed by atoms with Gasteiger partial charge in [-0.2, -0.15) is 13.2 Å². The van der Waals surface area contributed by atoms with Gasteiger partial charge in [-0.05, 0) is 99.2 Å². The zero-order chi connectivity index (χ0) is 28.5. The van der Waals surface area contributed by atoms with Crippen LogP contribution in [-0.2, 0) is 6.18 Å². The third-order valence-electron chi connectivity index (χ3n) is 7.26. The molecule has 0 aromatic heterocycles. The number of piperidine rings is 1. The summed E-state index contributed by atoms with van der Waals surface area (Å²) < 4.78 is 44.1. The van der Waals surface area contributed by atoms with E-state index in [1.54, 1.807) is 24.3 Å². The van der Waals surface area contributed by atoms with Crippen LogP contribution in [0.15, 0.2) is 66.7 Å². The summed E-state index contributed by atoms with van der Waals surface area (Å²) in [6.45, 7) is 8.43. The molecule has 1 aliphatic heterocycles. The van der Waals surface area contributed by atoms with E-state index in [9.17, 15) is 18.0 Å². The van der Waals surface area contributed by atoms with Gasteiger partial charge in [0.05, 0.1) is 17.9 Å². The van der Waals surface area contributed by atoms with Crippen LogP contribution in [0.4, 0.5) is 18.9 Å². The van der Waals surface area contributed by atoms with E-state index in [2.05, 4.69) is 40.7 Å².